The fraction of sp³-hybridized carbons (Fsp3) is 0.500. The van der Waals surface area contributed by atoms with Gasteiger partial charge in [-0.05, 0) is 25.0 Å². The number of amides is 1. The number of carbonyl (C=O) groups is 2. The minimum absolute atomic E-state index is 0.0432. The molecule has 7 heteroatoms. The number of carboxylic acids is 1. The van der Waals surface area contributed by atoms with Crippen LogP contribution in [0.2, 0.25) is 0 Å². The Labute approximate surface area is 146 Å². The number of hydrogen-bond acceptors (Lipinski definition) is 3. The van der Waals surface area contributed by atoms with Gasteiger partial charge in [-0.25, -0.2) is 4.79 Å². The second kappa shape index (κ2) is 8.50. The van der Waals surface area contributed by atoms with Crippen LogP contribution in [0.4, 0.5) is 0 Å². The molecule has 1 aromatic heterocycles. The third-order valence-corrected chi connectivity index (χ3v) is 4.23. The van der Waals surface area contributed by atoms with E-state index in [1.807, 2.05) is 31.2 Å². The van der Waals surface area contributed by atoms with Gasteiger partial charge in [-0.2, -0.15) is 0 Å². The zero-order chi connectivity index (χ0) is 18.4. The second-order valence-electron chi connectivity index (χ2n) is 6.14. The molecule has 0 bridgehead atoms. The summed E-state index contributed by atoms with van der Waals surface area (Å²) in [6, 6.07) is 7.60. The molecule has 0 aliphatic rings. The summed E-state index contributed by atoms with van der Waals surface area (Å²) >= 11 is 0. The smallest absolute Gasteiger partial charge is 0.329 e. The highest BCUT2D eigenvalue weighted by Crippen LogP contribution is 2.14. The molecule has 136 valence electrons. The third-order valence-electron chi connectivity index (χ3n) is 4.23. The molecule has 0 spiro atoms. The van der Waals surface area contributed by atoms with E-state index in [0.717, 1.165) is 17.5 Å². The molecule has 1 amide bonds. The molecule has 7 nitrogen and oxygen atoms in total. The van der Waals surface area contributed by atoms with Crippen LogP contribution in [0.5, 0.6) is 0 Å². The molecule has 0 fully saturated rings. The number of aryl methyl sites for hydroxylation is 2. The van der Waals surface area contributed by atoms with Gasteiger partial charge < -0.3 is 10.0 Å². The Bertz CT molecular complexity index is 806. The number of nitrogens with zero attached hydrogens (tertiary/aromatic N) is 3. The van der Waals surface area contributed by atoms with Crippen molar-refractivity contribution in [1.29, 1.82) is 0 Å². The highest BCUT2D eigenvalue weighted by Gasteiger charge is 2.15. The molecule has 0 saturated carbocycles. The van der Waals surface area contributed by atoms with Gasteiger partial charge in [-0.15, -0.1) is 0 Å². The molecule has 0 unspecified atom stereocenters. The fourth-order valence-corrected chi connectivity index (χ4v) is 2.92. The predicted octanol–water partition coefficient (Wildman–Crippen LogP) is 1.93. The van der Waals surface area contributed by atoms with Crippen molar-refractivity contribution in [1.82, 2.24) is 14.0 Å². The summed E-state index contributed by atoms with van der Waals surface area (Å²) in [6.07, 6.45) is 1.54. The van der Waals surface area contributed by atoms with Gasteiger partial charge in [-0.1, -0.05) is 19.1 Å². The summed E-state index contributed by atoms with van der Waals surface area (Å²) in [5.74, 6) is -0.958. The molecule has 0 radical (unpaired) electrons. The molecule has 0 aliphatic carbocycles. The molecule has 0 saturated heterocycles. The molecule has 25 heavy (non-hydrogen) atoms. The maximum atomic E-state index is 12.6. The first kappa shape index (κ1) is 18.8. The first-order chi connectivity index (χ1) is 12.0. The minimum Gasteiger partial charge on any atom is -0.481 e. The average molecular weight is 347 g/mol. The normalized spacial score (nSPS) is 11.0. The molecule has 0 atom stereocenters. The van der Waals surface area contributed by atoms with Gasteiger partial charge >= 0.3 is 11.7 Å². The molecule has 0 aliphatic heterocycles. The van der Waals surface area contributed by atoms with E-state index in [4.69, 9.17) is 5.11 Å². The average Bonchev–Trinajstić information content (AvgIpc) is 2.85. The number of carbonyl (C=O) groups excluding carboxylic acids is 1. The molecular weight excluding hydrogens is 322 g/mol. The number of rotatable bonds is 9. The first-order valence-electron chi connectivity index (χ1n) is 8.59. The van der Waals surface area contributed by atoms with Crippen molar-refractivity contribution in [2.24, 2.45) is 0 Å². The number of para-hydroxylation sites is 2. The molecular formula is C18H25N3O4. The molecule has 1 aromatic carbocycles. The zero-order valence-electron chi connectivity index (χ0n) is 14.8. The van der Waals surface area contributed by atoms with E-state index in [2.05, 4.69) is 0 Å². The summed E-state index contributed by atoms with van der Waals surface area (Å²) in [5, 5.41) is 8.65. The predicted molar refractivity (Wildman–Crippen MR) is 95.6 cm³/mol. The Morgan fingerprint density at radius 1 is 1.08 bits per heavy atom. The standard InChI is InChI=1S/C18H25N3O4/c1-3-11-20-14-7-4-5-8-15(14)21(18(20)25)13-10-16(22)19(2)12-6-9-17(23)24/h4-5,7-8H,3,6,9-13H2,1-2H3,(H,23,24). The first-order valence-corrected chi connectivity index (χ1v) is 8.59. The number of aromatic nitrogens is 2. The van der Waals surface area contributed by atoms with E-state index >= 15 is 0 Å². The Balaban J connectivity index is 2.08. The summed E-state index contributed by atoms with van der Waals surface area (Å²) in [6.45, 7) is 3.39. The number of fused-ring (bicyclic) bond motifs is 1. The Hall–Kier alpha value is -2.57. The van der Waals surface area contributed by atoms with E-state index in [1.165, 1.54) is 4.90 Å². The summed E-state index contributed by atoms with van der Waals surface area (Å²) in [7, 11) is 1.66. The van der Waals surface area contributed by atoms with Crippen LogP contribution in [0.15, 0.2) is 29.1 Å². The molecule has 1 N–H and O–H groups in total. The number of hydrogen-bond donors (Lipinski definition) is 1. The zero-order valence-corrected chi connectivity index (χ0v) is 14.8. The van der Waals surface area contributed by atoms with Crippen LogP contribution in [0, 0.1) is 0 Å². The van der Waals surface area contributed by atoms with Crippen molar-refractivity contribution in [3.05, 3.63) is 34.7 Å². The number of carboxylic acid groups (broad SMARTS) is 1. The summed E-state index contributed by atoms with van der Waals surface area (Å²) in [5.41, 5.74) is 1.63. The van der Waals surface area contributed by atoms with Crippen LogP contribution >= 0.6 is 0 Å². The quantitative estimate of drug-likeness (QED) is 0.751. The number of aliphatic carboxylic acids is 1. The van der Waals surface area contributed by atoms with Crippen LogP contribution < -0.4 is 5.69 Å². The monoisotopic (exact) mass is 347 g/mol. The summed E-state index contributed by atoms with van der Waals surface area (Å²) in [4.78, 5) is 36.9. The fourth-order valence-electron chi connectivity index (χ4n) is 2.92. The van der Waals surface area contributed by atoms with Crippen LogP contribution in [0.1, 0.15) is 32.6 Å². The largest absolute Gasteiger partial charge is 0.481 e. The van der Waals surface area contributed by atoms with Crippen LogP contribution in [0.3, 0.4) is 0 Å². The van der Waals surface area contributed by atoms with E-state index in [9.17, 15) is 14.4 Å². The van der Waals surface area contributed by atoms with Crippen molar-refractivity contribution in [3.63, 3.8) is 0 Å². The SMILES string of the molecule is CCCn1c(=O)n(CCC(=O)N(C)CCCC(=O)O)c2ccccc21. The lowest BCUT2D eigenvalue weighted by Crippen LogP contribution is -2.31. The van der Waals surface area contributed by atoms with E-state index in [0.29, 0.717) is 26.1 Å². The Kier molecular flexibility index (Phi) is 6.38. The summed E-state index contributed by atoms with van der Waals surface area (Å²) < 4.78 is 3.39. The second-order valence-corrected chi connectivity index (χ2v) is 6.14. The Morgan fingerprint density at radius 2 is 1.68 bits per heavy atom. The highest BCUT2D eigenvalue weighted by molar-refractivity contribution is 5.78. The van der Waals surface area contributed by atoms with Crippen molar-refractivity contribution in [2.45, 2.75) is 45.7 Å². The van der Waals surface area contributed by atoms with Gasteiger partial charge in [0.25, 0.3) is 0 Å². The highest BCUT2D eigenvalue weighted by atomic mass is 16.4. The van der Waals surface area contributed by atoms with Gasteiger partial charge in [0, 0.05) is 39.5 Å². The van der Waals surface area contributed by atoms with Gasteiger partial charge in [0.15, 0.2) is 0 Å². The van der Waals surface area contributed by atoms with Crippen molar-refractivity contribution in [2.75, 3.05) is 13.6 Å². The minimum atomic E-state index is -0.865. The van der Waals surface area contributed by atoms with Gasteiger partial charge in [0.2, 0.25) is 5.91 Å². The maximum Gasteiger partial charge on any atom is 0.329 e. The van der Waals surface area contributed by atoms with Crippen LogP contribution in [-0.2, 0) is 22.7 Å². The topological polar surface area (TPSA) is 84.5 Å². The lowest BCUT2D eigenvalue weighted by Gasteiger charge is -2.16. The van der Waals surface area contributed by atoms with Gasteiger partial charge in [0.1, 0.15) is 0 Å². The third kappa shape index (κ3) is 4.49. The van der Waals surface area contributed by atoms with E-state index in [1.54, 1.807) is 16.2 Å². The Morgan fingerprint density at radius 3 is 2.24 bits per heavy atom. The van der Waals surface area contributed by atoms with Crippen LogP contribution in [-0.4, -0.2) is 44.6 Å². The van der Waals surface area contributed by atoms with Gasteiger partial charge in [0.05, 0.1) is 11.0 Å². The molecule has 1 heterocycles. The van der Waals surface area contributed by atoms with E-state index in [-0.39, 0.29) is 24.4 Å². The van der Waals surface area contributed by atoms with E-state index < -0.39 is 5.97 Å². The maximum absolute atomic E-state index is 12.6. The lowest BCUT2D eigenvalue weighted by molar-refractivity contribution is -0.138. The lowest BCUT2D eigenvalue weighted by atomic mass is 10.2. The number of imidazole rings is 1. The molecule has 2 rings (SSSR count). The van der Waals surface area contributed by atoms with Crippen molar-refractivity contribution >= 4 is 22.9 Å². The van der Waals surface area contributed by atoms with Crippen molar-refractivity contribution < 1.29 is 14.7 Å². The molecule has 2 aromatic rings. The van der Waals surface area contributed by atoms with Crippen molar-refractivity contribution in [3.8, 4) is 0 Å². The van der Waals surface area contributed by atoms with Gasteiger partial charge in [-0.3, -0.25) is 18.7 Å². The van der Waals surface area contributed by atoms with Crippen LogP contribution in [0.25, 0.3) is 11.0 Å². The number of benzene rings is 1.